The quantitative estimate of drug-likeness (QED) is 0.661. The Bertz CT molecular complexity index is 368. The summed E-state index contributed by atoms with van der Waals surface area (Å²) in [5.74, 6) is 0. The Morgan fingerprint density at radius 3 is 2.59 bits per heavy atom. The summed E-state index contributed by atoms with van der Waals surface area (Å²) in [6, 6.07) is 5.32. The number of alkyl halides is 3. The summed E-state index contributed by atoms with van der Waals surface area (Å²) in [5.41, 5.74) is 7.06. The van der Waals surface area contributed by atoms with Gasteiger partial charge in [-0.3, -0.25) is 0 Å². The predicted octanol–water partition coefficient (Wildman–Crippen LogP) is 3.89. The van der Waals surface area contributed by atoms with Gasteiger partial charge in [-0.05, 0) is 18.6 Å². The first-order valence-corrected chi connectivity index (χ1v) is 5.86. The van der Waals surface area contributed by atoms with Gasteiger partial charge in [-0.25, -0.2) is 0 Å². The van der Waals surface area contributed by atoms with Crippen LogP contribution in [0.25, 0.3) is 0 Å². The molecule has 0 atom stereocenters. The van der Waals surface area contributed by atoms with Gasteiger partial charge < -0.3 is 10.5 Å². The second-order valence-corrected chi connectivity index (χ2v) is 4.53. The van der Waals surface area contributed by atoms with Gasteiger partial charge in [0.05, 0.1) is 6.61 Å². The molecule has 0 radical (unpaired) electrons. The highest BCUT2D eigenvalue weighted by atomic mass is 79.9. The van der Waals surface area contributed by atoms with Crippen molar-refractivity contribution in [3.8, 4) is 0 Å². The standard InChI is InChI=1S/C11H13BrF3NO/c12-9-3-2-8(10(16)6-9)7-17-5-1-4-11(13,14)15/h2-3,6H,1,4-5,7,16H2. The highest BCUT2D eigenvalue weighted by Crippen LogP contribution is 2.22. The molecule has 0 spiro atoms. The molecule has 0 aliphatic carbocycles. The van der Waals surface area contributed by atoms with Crippen molar-refractivity contribution in [1.29, 1.82) is 0 Å². The van der Waals surface area contributed by atoms with Crippen molar-refractivity contribution >= 4 is 21.6 Å². The van der Waals surface area contributed by atoms with E-state index in [1.807, 2.05) is 6.07 Å². The van der Waals surface area contributed by atoms with Gasteiger partial charge in [0, 0.05) is 28.8 Å². The van der Waals surface area contributed by atoms with Crippen molar-refractivity contribution in [1.82, 2.24) is 0 Å². The van der Waals surface area contributed by atoms with Gasteiger partial charge in [-0.15, -0.1) is 0 Å². The second kappa shape index (κ2) is 6.26. The Balaban J connectivity index is 2.27. The van der Waals surface area contributed by atoms with E-state index in [0.29, 0.717) is 5.69 Å². The summed E-state index contributed by atoms with van der Waals surface area (Å²) >= 11 is 3.27. The summed E-state index contributed by atoms with van der Waals surface area (Å²) in [6.45, 7) is 0.311. The van der Waals surface area contributed by atoms with Crippen LogP contribution in [0.4, 0.5) is 18.9 Å². The molecular weight excluding hydrogens is 299 g/mol. The number of nitrogen functional groups attached to an aromatic ring is 1. The van der Waals surface area contributed by atoms with Crippen LogP contribution in [-0.4, -0.2) is 12.8 Å². The molecule has 96 valence electrons. The number of hydrogen-bond acceptors (Lipinski definition) is 2. The number of rotatable bonds is 5. The molecule has 0 amide bonds. The highest BCUT2D eigenvalue weighted by molar-refractivity contribution is 9.10. The molecule has 0 aliphatic heterocycles. The Kier molecular flexibility index (Phi) is 5.27. The van der Waals surface area contributed by atoms with Crippen LogP contribution in [0.3, 0.4) is 0 Å². The zero-order chi connectivity index (χ0) is 12.9. The lowest BCUT2D eigenvalue weighted by Gasteiger charge is -2.08. The maximum atomic E-state index is 11.8. The van der Waals surface area contributed by atoms with Crippen LogP contribution in [0.15, 0.2) is 22.7 Å². The summed E-state index contributed by atoms with van der Waals surface area (Å²) in [4.78, 5) is 0. The fourth-order valence-electron chi connectivity index (χ4n) is 1.25. The van der Waals surface area contributed by atoms with Crippen LogP contribution >= 0.6 is 15.9 Å². The summed E-state index contributed by atoms with van der Waals surface area (Å²) in [5, 5.41) is 0. The van der Waals surface area contributed by atoms with Crippen molar-refractivity contribution < 1.29 is 17.9 Å². The van der Waals surface area contributed by atoms with E-state index < -0.39 is 12.6 Å². The summed E-state index contributed by atoms with van der Waals surface area (Å²) in [7, 11) is 0. The van der Waals surface area contributed by atoms with E-state index in [1.54, 1.807) is 12.1 Å². The van der Waals surface area contributed by atoms with E-state index in [0.717, 1.165) is 10.0 Å². The number of nitrogens with two attached hydrogens (primary N) is 1. The third kappa shape index (κ3) is 5.93. The second-order valence-electron chi connectivity index (χ2n) is 3.61. The van der Waals surface area contributed by atoms with Crippen molar-refractivity contribution in [3.63, 3.8) is 0 Å². The van der Waals surface area contributed by atoms with Crippen LogP contribution < -0.4 is 5.73 Å². The molecule has 0 unspecified atom stereocenters. The molecule has 1 rings (SSSR count). The molecule has 1 aromatic carbocycles. The van der Waals surface area contributed by atoms with Crippen LogP contribution in [0.5, 0.6) is 0 Å². The van der Waals surface area contributed by atoms with Gasteiger partial charge in [0.2, 0.25) is 0 Å². The third-order valence-electron chi connectivity index (χ3n) is 2.11. The minimum Gasteiger partial charge on any atom is -0.398 e. The largest absolute Gasteiger partial charge is 0.398 e. The molecule has 0 saturated carbocycles. The summed E-state index contributed by atoms with van der Waals surface area (Å²) < 4.78 is 41.5. The topological polar surface area (TPSA) is 35.2 Å². The fourth-order valence-corrected chi connectivity index (χ4v) is 1.63. The minimum atomic E-state index is -4.11. The highest BCUT2D eigenvalue weighted by Gasteiger charge is 2.25. The lowest BCUT2D eigenvalue weighted by atomic mass is 10.2. The molecule has 1 aromatic rings. The van der Waals surface area contributed by atoms with Gasteiger partial charge >= 0.3 is 6.18 Å². The molecule has 0 saturated heterocycles. The SMILES string of the molecule is Nc1cc(Br)ccc1COCCCC(F)(F)F. The molecule has 0 bridgehead atoms. The van der Waals surface area contributed by atoms with Crippen molar-refractivity contribution in [2.24, 2.45) is 0 Å². The lowest BCUT2D eigenvalue weighted by Crippen LogP contribution is -2.09. The lowest BCUT2D eigenvalue weighted by molar-refractivity contribution is -0.138. The average molecular weight is 312 g/mol. The Hall–Kier alpha value is -0.750. The molecule has 0 fully saturated rings. The molecule has 0 heterocycles. The molecule has 2 N–H and O–H groups in total. The van der Waals surface area contributed by atoms with Gasteiger partial charge in [0.1, 0.15) is 0 Å². The normalized spacial score (nSPS) is 11.8. The molecule has 17 heavy (non-hydrogen) atoms. The van der Waals surface area contributed by atoms with Gasteiger partial charge in [0.15, 0.2) is 0 Å². The molecule has 2 nitrogen and oxygen atoms in total. The van der Waals surface area contributed by atoms with Crippen molar-refractivity contribution in [2.45, 2.75) is 25.6 Å². The zero-order valence-electron chi connectivity index (χ0n) is 9.06. The number of benzene rings is 1. The van der Waals surface area contributed by atoms with Crippen molar-refractivity contribution in [3.05, 3.63) is 28.2 Å². The molecule has 0 aliphatic rings. The van der Waals surface area contributed by atoms with Gasteiger partial charge in [-0.2, -0.15) is 13.2 Å². The first kappa shape index (κ1) is 14.3. The van der Waals surface area contributed by atoms with Crippen LogP contribution in [-0.2, 0) is 11.3 Å². The van der Waals surface area contributed by atoms with E-state index in [1.165, 1.54) is 0 Å². The van der Waals surface area contributed by atoms with E-state index in [4.69, 9.17) is 10.5 Å². The monoisotopic (exact) mass is 311 g/mol. The third-order valence-corrected chi connectivity index (χ3v) is 2.61. The van der Waals surface area contributed by atoms with E-state index >= 15 is 0 Å². The Morgan fingerprint density at radius 1 is 1.29 bits per heavy atom. The number of hydrogen-bond donors (Lipinski definition) is 1. The number of ether oxygens (including phenoxy) is 1. The average Bonchev–Trinajstić information content (AvgIpc) is 2.18. The zero-order valence-corrected chi connectivity index (χ0v) is 10.6. The van der Waals surface area contributed by atoms with E-state index in [9.17, 15) is 13.2 Å². The van der Waals surface area contributed by atoms with Crippen LogP contribution in [0.2, 0.25) is 0 Å². The molecule has 0 aromatic heterocycles. The maximum absolute atomic E-state index is 11.8. The van der Waals surface area contributed by atoms with Crippen LogP contribution in [0, 0.1) is 0 Å². The van der Waals surface area contributed by atoms with Gasteiger partial charge in [0.25, 0.3) is 0 Å². The van der Waals surface area contributed by atoms with Crippen molar-refractivity contribution in [2.75, 3.05) is 12.3 Å². The number of halogens is 4. The molecular formula is C11H13BrF3NO. The predicted molar refractivity (Wildman–Crippen MR) is 63.5 cm³/mol. The first-order chi connectivity index (χ1) is 7.88. The molecule has 6 heteroatoms. The van der Waals surface area contributed by atoms with E-state index in [-0.39, 0.29) is 19.6 Å². The number of anilines is 1. The van der Waals surface area contributed by atoms with Gasteiger partial charge in [-0.1, -0.05) is 22.0 Å². The Labute approximate surface area is 106 Å². The van der Waals surface area contributed by atoms with Crippen LogP contribution in [0.1, 0.15) is 18.4 Å². The first-order valence-electron chi connectivity index (χ1n) is 5.07. The minimum absolute atomic E-state index is 0.0278. The maximum Gasteiger partial charge on any atom is 0.389 e. The summed E-state index contributed by atoms with van der Waals surface area (Å²) in [6.07, 6.45) is -4.96. The van der Waals surface area contributed by atoms with E-state index in [2.05, 4.69) is 15.9 Å². The Morgan fingerprint density at radius 2 is 2.00 bits per heavy atom. The fraction of sp³-hybridized carbons (Fsp3) is 0.455. The smallest absolute Gasteiger partial charge is 0.389 e.